The first-order chi connectivity index (χ1) is 25.8. The molecule has 1 atom stereocenters. The number of rotatable bonds is 4. The Balaban J connectivity index is 1.17. The molecule has 4 heterocycles. The van der Waals surface area contributed by atoms with E-state index in [4.69, 9.17) is 9.98 Å². The fraction of sp³-hybridized carbons (Fsp3) is 0.0213. The molecule has 7 aromatic carbocycles. The predicted molar refractivity (Wildman–Crippen MR) is 215 cm³/mol. The van der Waals surface area contributed by atoms with Crippen LogP contribution in [0.25, 0.3) is 65.9 Å². The summed E-state index contributed by atoms with van der Waals surface area (Å²) in [6.07, 6.45) is 1.61. The van der Waals surface area contributed by atoms with Crippen LogP contribution in [0.1, 0.15) is 22.9 Å². The zero-order valence-electron chi connectivity index (χ0n) is 28.1. The number of nitrogens with one attached hydrogen (secondary N) is 1. The first-order valence-electron chi connectivity index (χ1n) is 17.7. The van der Waals surface area contributed by atoms with Gasteiger partial charge < -0.3 is 9.88 Å². The number of hydrogen-bond donors (Lipinski definition) is 1. The fourth-order valence-electron chi connectivity index (χ4n) is 8.33. The van der Waals surface area contributed by atoms with E-state index in [0.717, 1.165) is 56.1 Å². The summed E-state index contributed by atoms with van der Waals surface area (Å²) < 4.78 is 4.74. The van der Waals surface area contributed by atoms with Crippen LogP contribution in [0.5, 0.6) is 0 Å². The number of aromatic nitrogens is 3. The molecule has 0 saturated heterocycles. The number of pyridine rings is 1. The second kappa shape index (κ2) is 11.3. The van der Waals surface area contributed by atoms with Gasteiger partial charge in [-0.05, 0) is 53.9 Å². The minimum Gasteiger partial charge on any atom is -0.359 e. The molecule has 11 rings (SSSR count). The molecule has 3 aromatic heterocycles. The highest BCUT2D eigenvalue weighted by Crippen LogP contribution is 2.42. The maximum absolute atomic E-state index is 5.39. The van der Waals surface area contributed by atoms with E-state index in [1.54, 1.807) is 0 Å². The van der Waals surface area contributed by atoms with Crippen LogP contribution in [0.15, 0.2) is 181 Å². The number of benzene rings is 7. The van der Waals surface area contributed by atoms with Crippen LogP contribution < -0.4 is 5.32 Å². The molecule has 1 unspecified atom stereocenters. The Bertz CT molecular complexity index is 3040. The molecule has 1 aliphatic rings. The molecule has 1 N–H and O–H groups in total. The van der Waals surface area contributed by atoms with Gasteiger partial charge in [0, 0.05) is 55.5 Å². The molecule has 244 valence electrons. The molecular weight excluding hydrogens is 635 g/mol. The average molecular weight is 666 g/mol. The monoisotopic (exact) mass is 665 g/mol. The van der Waals surface area contributed by atoms with Crippen molar-refractivity contribution in [1.82, 2.24) is 14.1 Å². The second-order valence-corrected chi connectivity index (χ2v) is 13.4. The smallest absolute Gasteiger partial charge is 0.146 e. The fourth-order valence-corrected chi connectivity index (χ4v) is 8.33. The van der Waals surface area contributed by atoms with Crippen molar-refractivity contribution in [3.63, 3.8) is 0 Å². The molecule has 0 aliphatic carbocycles. The van der Waals surface area contributed by atoms with E-state index in [1.807, 2.05) is 12.3 Å². The van der Waals surface area contributed by atoms with Crippen LogP contribution in [-0.4, -0.2) is 19.8 Å². The van der Waals surface area contributed by atoms with E-state index in [9.17, 15) is 0 Å². The highest BCUT2D eigenvalue weighted by molar-refractivity contribution is 6.20. The van der Waals surface area contributed by atoms with Crippen LogP contribution in [0.2, 0.25) is 0 Å². The summed E-state index contributed by atoms with van der Waals surface area (Å²) in [5, 5.41) is 11.0. The number of aliphatic imine (C=N–C) groups is 1. The highest BCUT2D eigenvalue weighted by atomic mass is 15.1. The zero-order valence-corrected chi connectivity index (χ0v) is 28.1. The summed E-state index contributed by atoms with van der Waals surface area (Å²) in [6.45, 7) is 0. The van der Waals surface area contributed by atoms with E-state index in [2.05, 4.69) is 178 Å². The largest absolute Gasteiger partial charge is 0.359 e. The van der Waals surface area contributed by atoms with E-state index in [-0.39, 0.29) is 6.17 Å². The van der Waals surface area contributed by atoms with Crippen molar-refractivity contribution in [2.75, 3.05) is 5.32 Å². The lowest BCUT2D eigenvalue weighted by Crippen LogP contribution is -2.21. The summed E-state index contributed by atoms with van der Waals surface area (Å²) >= 11 is 0. The maximum Gasteiger partial charge on any atom is 0.146 e. The quantitative estimate of drug-likeness (QED) is 0.203. The van der Waals surface area contributed by atoms with E-state index in [1.165, 1.54) is 37.8 Å². The number of para-hydroxylation sites is 3. The van der Waals surface area contributed by atoms with Gasteiger partial charge in [-0.1, -0.05) is 121 Å². The van der Waals surface area contributed by atoms with Crippen molar-refractivity contribution in [3.8, 4) is 11.5 Å². The van der Waals surface area contributed by atoms with Crippen LogP contribution in [-0.2, 0) is 0 Å². The molecule has 10 aromatic rings. The van der Waals surface area contributed by atoms with Crippen LogP contribution in [0, 0.1) is 0 Å². The van der Waals surface area contributed by atoms with Gasteiger partial charge in [0.15, 0.2) is 0 Å². The SMILES string of the molecule is c1ccc(C2=NC(c3ccc(-n4c5ccccc5c5cc6c7ccccc7n(-c7ccccn7)c6cc54)c4ccccc34)Nc3ccccc32)cc1. The van der Waals surface area contributed by atoms with Gasteiger partial charge in [0.1, 0.15) is 12.0 Å². The molecule has 0 fully saturated rings. The number of hydrogen-bond acceptors (Lipinski definition) is 3. The highest BCUT2D eigenvalue weighted by Gasteiger charge is 2.25. The van der Waals surface area contributed by atoms with Gasteiger partial charge >= 0.3 is 0 Å². The third-order valence-electron chi connectivity index (χ3n) is 10.6. The molecular formula is C47H31N5. The Labute approximate surface area is 299 Å². The first kappa shape index (κ1) is 28.8. The zero-order chi connectivity index (χ0) is 34.2. The van der Waals surface area contributed by atoms with Gasteiger partial charge in [-0.25, -0.2) is 4.98 Å². The Morgan fingerprint density at radius 3 is 1.87 bits per heavy atom. The molecule has 0 spiro atoms. The van der Waals surface area contributed by atoms with Gasteiger partial charge in [-0.2, -0.15) is 0 Å². The lowest BCUT2D eigenvalue weighted by atomic mass is 9.95. The van der Waals surface area contributed by atoms with Crippen molar-refractivity contribution in [2.24, 2.45) is 4.99 Å². The van der Waals surface area contributed by atoms with Gasteiger partial charge in [0.05, 0.1) is 33.5 Å². The Hall–Kier alpha value is -6.98. The van der Waals surface area contributed by atoms with Gasteiger partial charge in [-0.15, -0.1) is 0 Å². The average Bonchev–Trinajstić information content (AvgIpc) is 3.71. The number of fused-ring (bicyclic) bond motifs is 8. The summed E-state index contributed by atoms with van der Waals surface area (Å²) in [7, 11) is 0. The molecule has 5 heteroatoms. The molecule has 5 nitrogen and oxygen atoms in total. The van der Waals surface area contributed by atoms with Crippen LogP contribution >= 0.6 is 0 Å². The third kappa shape index (κ3) is 4.23. The normalized spacial score (nSPS) is 14.2. The second-order valence-electron chi connectivity index (χ2n) is 13.4. The number of anilines is 1. The number of nitrogens with zero attached hydrogens (tertiary/aromatic N) is 4. The minimum absolute atomic E-state index is 0.254. The van der Waals surface area contributed by atoms with Crippen molar-refractivity contribution >= 4 is 65.8 Å². The topological polar surface area (TPSA) is 47.1 Å². The minimum atomic E-state index is -0.254. The molecule has 52 heavy (non-hydrogen) atoms. The summed E-state index contributed by atoms with van der Waals surface area (Å²) in [4.78, 5) is 10.2. The van der Waals surface area contributed by atoms with E-state index < -0.39 is 0 Å². The molecule has 0 bridgehead atoms. The van der Waals surface area contributed by atoms with Crippen molar-refractivity contribution in [1.29, 1.82) is 0 Å². The van der Waals surface area contributed by atoms with Crippen molar-refractivity contribution in [2.45, 2.75) is 6.17 Å². The molecule has 0 saturated carbocycles. The third-order valence-corrected chi connectivity index (χ3v) is 10.6. The molecule has 0 radical (unpaired) electrons. The van der Waals surface area contributed by atoms with Gasteiger partial charge in [0.2, 0.25) is 0 Å². The van der Waals surface area contributed by atoms with E-state index >= 15 is 0 Å². The van der Waals surface area contributed by atoms with Gasteiger partial charge in [-0.3, -0.25) is 9.56 Å². The summed E-state index contributed by atoms with van der Waals surface area (Å²) in [6, 6.07) is 60.5. The Morgan fingerprint density at radius 1 is 0.462 bits per heavy atom. The van der Waals surface area contributed by atoms with Crippen molar-refractivity contribution in [3.05, 3.63) is 193 Å². The first-order valence-corrected chi connectivity index (χ1v) is 17.7. The van der Waals surface area contributed by atoms with Gasteiger partial charge in [0.25, 0.3) is 0 Å². The maximum atomic E-state index is 5.39. The van der Waals surface area contributed by atoms with Crippen molar-refractivity contribution < 1.29 is 0 Å². The summed E-state index contributed by atoms with van der Waals surface area (Å²) in [5.74, 6) is 0.905. The summed E-state index contributed by atoms with van der Waals surface area (Å²) in [5.41, 5.74) is 11.2. The van der Waals surface area contributed by atoms with E-state index in [0.29, 0.717) is 0 Å². The van der Waals surface area contributed by atoms with Crippen LogP contribution in [0.3, 0.4) is 0 Å². The Kier molecular flexibility index (Phi) is 6.25. The lowest BCUT2D eigenvalue weighted by molar-refractivity contribution is 0.836. The Morgan fingerprint density at radius 2 is 1.10 bits per heavy atom. The predicted octanol–water partition coefficient (Wildman–Crippen LogP) is 11.4. The molecule has 0 amide bonds. The van der Waals surface area contributed by atoms with Crippen LogP contribution in [0.4, 0.5) is 5.69 Å². The molecule has 1 aliphatic heterocycles. The standard InChI is InChI=1S/C47H31N5/c1-2-14-30(15-3-1)46-36-20-6-9-21-39(36)49-47(50-46)35-25-26-42(32-17-5-4-16-31(32)35)51-40-22-10-7-18-33(40)37-28-38-34-19-8-11-23-41(34)52(44(38)29-43(37)51)45-24-12-13-27-48-45/h1-29,47,49H. The lowest BCUT2D eigenvalue weighted by Gasteiger charge is -2.27.